The van der Waals surface area contributed by atoms with Gasteiger partial charge < -0.3 is 9.87 Å². The molecule has 1 unspecified atom stereocenters. The molecule has 11 heavy (non-hydrogen) atoms. The van der Waals surface area contributed by atoms with Crippen LogP contribution in [0.15, 0.2) is 23.2 Å². The summed E-state index contributed by atoms with van der Waals surface area (Å²) in [5.74, 6) is 0.680. The Bertz CT molecular complexity index is 260. The van der Waals surface area contributed by atoms with Crippen LogP contribution in [0.1, 0.15) is 0 Å². The number of pyridine rings is 1. The Morgan fingerprint density at radius 3 is 2.73 bits per heavy atom. The number of rotatable bonds is 2. The minimum atomic E-state index is -1.93. The lowest BCUT2D eigenvalue weighted by atomic mass is 10.5. The molecule has 0 spiro atoms. The van der Waals surface area contributed by atoms with Gasteiger partial charge in [-0.05, 0) is 12.1 Å². The molecule has 0 radical (unpaired) electrons. The van der Waals surface area contributed by atoms with Crippen LogP contribution in [-0.4, -0.2) is 20.8 Å². The lowest BCUT2D eigenvalue weighted by molar-refractivity contribution is 0.564. The van der Waals surface area contributed by atoms with E-state index < -0.39 is 11.1 Å². The van der Waals surface area contributed by atoms with Crippen molar-refractivity contribution in [3.63, 3.8) is 0 Å². The van der Waals surface area contributed by atoms with E-state index >= 15 is 0 Å². The second-order valence-electron chi connectivity index (χ2n) is 1.88. The molecule has 1 aromatic heterocycles. The highest BCUT2D eigenvalue weighted by molar-refractivity contribution is 7.79. The molecule has 0 bridgehead atoms. The van der Waals surface area contributed by atoms with Crippen molar-refractivity contribution in [2.75, 3.05) is 12.4 Å². The van der Waals surface area contributed by atoms with E-state index in [1.54, 1.807) is 19.2 Å². The third-order valence-corrected chi connectivity index (χ3v) is 1.84. The summed E-state index contributed by atoms with van der Waals surface area (Å²) >= 11 is -1.93. The summed E-state index contributed by atoms with van der Waals surface area (Å²) in [6.45, 7) is 0. The highest BCUT2D eigenvalue weighted by Crippen LogP contribution is 2.06. The Balaban J connectivity index is 2.91. The summed E-state index contributed by atoms with van der Waals surface area (Å²) in [7, 11) is 1.73. The molecule has 1 rings (SSSR count). The zero-order chi connectivity index (χ0) is 8.27. The maximum absolute atomic E-state index is 10.5. The molecule has 1 aromatic rings. The van der Waals surface area contributed by atoms with Crippen LogP contribution in [-0.2, 0) is 11.1 Å². The van der Waals surface area contributed by atoms with Crippen LogP contribution in [0.5, 0.6) is 0 Å². The van der Waals surface area contributed by atoms with Crippen molar-refractivity contribution in [2.45, 2.75) is 4.90 Å². The number of hydrogen-bond acceptors (Lipinski definition) is 3. The minimum absolute atomic E-state index is 0.309. The van der Waals surface area contributed by atoms with E-state index in [0.717, 1.165) is 0 Å². The summed E-state index contributed by atoms with van der Waals surface area (Å²) < 4.78 is 19.1. The van der Waals surface area contributed by atoms with E-state index in [-0.39, 0.29) is 0 Å². The molecule has 0 fully saturated rings. The first-order valence-electron chi connectivity index (χ1n) is 2.98. The molecule has 0 aliphatic carbocycles. The Kier molecular flexibility index (Phi) is 2.56. The van der Waals surface area contributed by atoms with Gasteiger partial charge in [0.05, 0.1) is 4.90 Å². The van der Waals surface area contributed by atoms with E-state index in [4.69, 9.17) is 4.55 Å². The lowest BCUT2D eigenvalue weighted by Crippen LogP contribution is -1.94. The maximum atomic E-state index is 10.5. The van der Waals surface area contributed by atoms with Crippen molar-refractivity contribution >= 4 is 16.9 Å². The van der Waals surface area contributed by atoms with Crippen LogP contribution >= 0.6 is 0 Å². The summed E-state index contributed by atoms with van der Waals surface area (Å²) in [6, 6.07) is 3.19. The molecular formula is C6H8N2O2S. The van der Waals surface area contributed by atoms with Gasteiger partial charge in [0, 0.05) is 13.2 Å². The molecule has 1 heterocycles. The molecule has 0 saturated heterocycles. The SMILES string of the molecule is CNc1ccc(S(=O)O)cn1. The predicted octanol–water partition coefficient (Wildman–Crippen LogP) is 0.704. The number of nitrogens with one attached hydrogen (secondary N) is 1. The van der Waals surface area contributed by atoms with Gasteiger partial charge in [0.15, 0.2) is 11.1 Å². The van der Waals surface area contributed by atoms with Crippen LogP contribution in [0.3, 0.4) is 0 Å². The molecule has 1 atom stereocenters. The van der Waals surface area contributed by atoms with Crippen molar-refractivity contribution in [1.82, 2.24) is 4.98 Å². The summed E-state index contributed by atoms with van der Waals surface area (Å²) in [4.78, 5) is 4.16. The maximum Gasteiger partial charge on any atom is 0.188 e. The molecule has 0 saturated carbocycles. The highest BCUT2D eigenvalue weighted by Gasteiger charge is 1.98. The largest absolute Gasteiger partial charge is 0.373 e. The Hall–Kier alpha value is -0.940. The van der Waals surface area contributed by atoms with Gasteiger partial charge in [0.1, 0.15) is 5.82 Å². The molecule has 60 valence electrons. The van der Waals surface area contributed by atoms with Crippen molar-refractivity contribution in [1.29, 1.82) is 0 Å². The number of hydrogen-bond donors (Lipinski definition) is 2. The normalized spacial score (nSPS) is 12.5. The Labute approximate surface area is 66.9 Å². The van der Waals surface area contributed by atoms with Crippen LogP contribution < -0.4 is 5.32 Å². The van der Waals surface area contributed by atoms with Gasteiger partial charge in [0.2, 0.25) is 0 Å². The van der Waals surface area contributed by atoms with Gasteiger partial charge in [-0.3, -0.25) is 0 Å². The molecule has 0 aliphatic rings. The van der Waals surface area contributed by atoms with Gasteiger partial charge in [-0.15, -0.1) is 0 Å². The summed E-state index contributed by atoms with van der Waals surface area (Å²) in [5.41, 5.74) is 0. The van der Waals surface area contributed by atoms with Crippen LogP contribution in [0.2, 0.25) is 0 Å². The molecule has 0 amide bonds. The molecule has 5 heteroatoms. The van der Waals surface area contributed by atoms with E-state index in [0.29, 0.717) is 10.7 Å². The minimum Gasteiger partial charge on any atom is -0.373 e. The first-order chi connectivity index (χ1) is 5.24. The topological polar surface area (TPSA) is 62.2 Å². The molecule has 2 N–H and O–H groups in total. The van der Waals surface area contributed by atoms with Crippen LogP contribution in [0.4, 0.5) is 5.82 Å². The van der Waals surface area contributed by atoms with Gasteiger partial charge in [-0.2, -0.15) is 0 Å². The number of anilines is 1. The standard InChI is InChI=1S/C6H8N2O2S/c1-7-6-3-2-5(4-8-6)11(9)10/h2-4H,1H3,(H,7,8)(H,9,10). The van der Waals surface area contributed by atoms with Crippen molar-refractivity contribution in [3.05, 3.63) is 18.3 Å². The fourth-order valence-electron chi connectivity index (χ4n) is 0.631. The first-order valence-corrected chi connectivity index (χ1v) is 4.09. The number of aromatic nitrogens is 1. The number of nitrogens with zero attached hydrogens (tertiary/aromatic N) is 1. The highest BCUT2D eigenvalue weighted by atomic mass is 32.2. The Morgan fingerprint density at radius 1 is 1.64 bits per heavy atom. The van der Waals surface area contributed by atoms with E-state index in [2.05, 4.69) is 10.3 Å². The smallest absolute Gasteiger partial charge is 0.188 e. The molecule has 4 nitrogen and oxygen atoms in total. The average Bonchev–Trinajstić information content (AvgIpc) is 2.05. The zero-order valence-corrected chi connectivity index (χ0v) is 6.76. The third-order valence-electron chi connectivity index (χ3n) is 1.19. The fourth-order valence-corrected chi connectivity index (χ4v) is 0.959. The van der Waals surface area contributed by atoms with Gasteiger partial charge in [0.25, 0.3) is 0 Å². The molecule has 0 aromatic carbocycles. The second-order valence-corrected chi connectivity index (χ2v) is 2.85. The van der Waals surface area contributed by atoms with Gasteiger partial charge >= 0.3 is 0 Å². The first kappa shape index (κ1) is 8.16. The monoisotopic (exact) mass is 172 g/mol. The zero-order valence-electron chi connectivity index (χ0n) is 5.94. The third kappa shape index (κ3) is 1.99. The quantitative estimate of drug-likeness (QED) is 0.645. The van der Waals surface area contributed by atoms with Gasteiger partial charge in [-0.1, -0.05) is 0 Å². The van der Waals surface area contributed by atoms with Crippen LogP contribution in [0, 0.1) is 0 Å². The molecule has 0 aliphatic heterocycles. The lowest BCUT2D eigenvalue weighted by Gasteiger charge is -1.97. The summed E-state index contributed by atoms with van der Waals surface area (Å²) in [5, 5.41) is 2.80. The van der Waals surface area contributed by atoms with Crippen molar-refractivity contribution < 1.29 is 8.76 Å². The van der Waals surface area contributed by atoms with E-state index in [1.165, 1.54) is 6.20 Å². The molecular weight excluding hydrogens is 164 g/mol. The second kappa shape index (κ2) is 3.45. The van der Waals surface area contributed by atoms with Crippen molar-refractivity contribution in [2.24, 2.45) is 0 Å². The van der Waals surface area contributed by atoms with Crippen LogP contribution in [0.25, 0.3) is 0 Å². The fraction of sp³-hybridized carbons (Fsp3) is 0.167. The Morgan fingerprint density at radius 2 is 2.36 bits per heavy atom. The summed E-state index contributed by atoms with van der Waals surface area (Å²) in [6.07, 6.45) is 1.36. The predicted molar refractivity (Wildman–Crippen MR) is 42.8 cm³/mol. The van der Waals surface area contributed by atoms with E-state index in [9.17, 15) is 4.21 Å². The van der Waals surface area contributed by atoms with E-state index in [1.807, 2.05) is 0 Å². The average molecular weight is 172 g/mol. The van der Waals surface area contributed by atoms with Crippen molar-refractivity contribution in [3.8, 4) is 0 Å². The van der Waals surface area contributed by atoms with Gasteiger partial charge in [-0.25, -0.2) is 9.19 Å².